The summed E-state index contributed by atoms with van der Waals surface area (Å²) in [7, 11) is -4.24. The van der Waals surface area contributed by atoms with Crippen LogP contribution in [0.2, 0.25) is 0 Å². The molecule has 7 heteroatoms. The van der Waals surface area contributed by atoms with Crippen LogP contribution in [-0.2, 0) is 10.0 Å². The van der Waals surface area contributed by atoms with Gasteiger partial charge in [0.2, 0.25) is 0 Å². The highest BCUT2D eigenvalue weighted by Gasteiger charge is 2.32. The lowest BCUT2D eigenvalue weighted by molar-refractivity contribution is 0.0734. The fourth-order valence-electron chi connectivity index (χ4n) is 3.50. The standard InChI is InChI=1S/C29H25NO5S/c1-20-4-10-23(11-5-20)28(31)30(36(33,34)27-18-8-22(3)9-19-27)25-14-16-26(17-15-25)35-29(32)24-12-6-21(2)7-13-24/h4-19H,1-3H3. The molecule has 0 aliphatic heterocycles. The van der Waals surface area contributed by atoms with Gasteiger partial charge in [0.1, 0.15) is 5.75 Å². The second kappa shape index (κ2) is 10.2. The van der Waals surface area contributed by atoms with Crippen molar-refractivity contribution in [3.8, 4) is 5.75 Å². The van der Waals surface area contributed by atoms with Crippen molar-refractivity contribution in [2.45, 2.75) is 25.7 Å². The molecule has 0 aliphatic carbocycles. The Kier molecular flexibility index (Phi) is 7.03. The number of carbonyl (C=O) groups is 2. The molecule has 0 aliphatic rings. The third-order valence-electron chi connectivity index (χ3n) is 5.61. The van der Waals surface area contributed by atoms with Gasteiger partial charge in [-0.25, -0.2) is 13.2 Å². The smallest absolute Gasteiger partial charge is 0.343 e. The van der Waals surface area contributed by atoms with Gasteiger partial charge in [-0.3, -0.25) is 4.79 Å². The topological polar surface area (TPSA) is 80.8 Å². The molecule has 6 nitrogen and oxygen atoms in total. The van der Waals surface area contributed by atoms with Gasteiger partial charge in [0.25, 0.3) is 15.9 Å². The summed E-state index contributed by atoms with van der Waals surface area (Å²) in [6.45, 7) is 5.65. The number of hydrogen-bond donors (Lipinski definition) is 0. The molecule has 4 rings (SSSR count). The largest absolute Gasteiger partial charge is 0.423 e. The van der Waals surface area contributed by atoms with E-state index in [9.17, 15) is 18.0 Å². The van der Waals surface area contributed by atoms with E-state index in [1.165, 1.54) is 36.4 Å². The lowest BCUT2D eigenvalue weighted by atomic mass is 10.1. The Morgan fingerprint density at radius 2 is 1.06 bits per heavy atom. The minimum atomic E-state index is -4.24. The van der Waals surface area contributed by atoms with E-state index in [4.69, 9.17) is 4.74 Å². The van der Waals surface area contributed by atoms with Crippen molar-refractivity contribution in [2.75, 3.05) is 4.31 Å². The van der Waals surface area contributed by atoms with Gasteiger partial charge in [-0.2, -0.15) is 4.31 Å². The molecule has 0 N–H and O–H groups in total. The van der Waals surface area contributed by atoms with E-state index in [1.54, 1.807) is 48.5 Å². The molecule has 0 spiro atoms. The molecule has 0 fully saturated rings. The van der Waals surface area contributed by atoms with E-state index in [-0.39, 0.29) is 21.9 Å². The maximum Gasteiger partial charge on any atom is 0.343 e. The molecule has 0 bridgehead atoms. The summed E-state index contributed by atoms with van der Waals surface area (Å²) < 4.78 is 33.4. The van der Waals surface area contributed by atoms with E-state index in [1.807, 2.05) is 32.9 Å². The minimum absolute atomic E-state index is 0.0107. The lowest BCUT2D eigenvalue weighted by Gasteiger charge is -2.23. The Hall–Kier alpha value is -4.23. The number of aryl methyl sites for hydroxylation is 3. The first-order valence-corrected chi connectivity index (χ1v) is 12.7. The Bertz CT molecular complexity index is 1490. The highest BCUT2D eigenvalue weighted by molar-refractivity contribution is 7.93. The predicted octanol–water partition coefficient (Wildman–Crippen LogP) is 5.87. The summed E-state index contributed by atoms with van der Waals surface area (Å²) in [4.78, 5) is 25.9. The van der Waals surface area contributed by atoms with Crippen molar-refractivity contribution >= 4 is 27.6 Å². The quantitative estimate of drug-likeness (QED) is 0.245. The average molecular weight is 500 g/mol. The molecule has 0 unspecified atom stereocenters. The highest BCUT2D eigenvalue weighted by atomic mass is 32.2. The van der Waals surface area contributed by atoms with Crippen LogP contribution < -0.4 is 9.04 Å². The number of esters is 1. The van der Waals surface area contributed by atoms with Crippen LogP contribution in [0, 0.1) is 20.8 Å². The highest BCUT2D eigenvalue weighted by Crippen LogP contribution is 2.28. The van der Waals surface area contributed by atoms with Crippen LogP contribution >= 0.6 is 0 Å². The van der Waals surface area contributed by atoms with E-state index >= 15 is 0 Å². The zero-order valence-corrected chi connectivity index (χ0v) is 21.0. The Labute approximate surface area is 210 Å². The minimum Gasteiger partial charge on any atom is -0.423 e. The summed E-state index contributed by atoms with van der Waals surface area (Å²) in [5.74, 6) is -1.01. The third kappa shape index (κ3) is 5.37. The summed E-state index contributed by atoms with van der Waals surface area (Å²) in [5.41, 5.74) is 3.60. The first kappa shape index (κ1) is 24.9. The molecule has 0 radical (unpaired) electrons. The van der Waals surface area contributed by atoms with Gasteiger partial charge in [-0.05, 0) is 81.4 Å². The van der Waals surface area contributed by atoms with Crippen LogP contribution in [0.25, 0.3) is 0 Å². The van der Waals surface area contributed by atoms with E-state index < -0.39 is 21.9 Å². The number of benzene rings is 4. The number of rotatable bonds is 6. The van der Waals surface area contributed by atoms with E-state index in [2.05, 4.69) is 0 Å². The van der Waals surface area contributed by atoms with Crippen LogP contribution in [0.4, 0.5) is 5.69 Å². The lowest BCUT2D eigenvalue weighted by Crippen LogP contribution is -2.37. The molecule has 0 atom stereocenters. The second-order valence-corrected chi connectivity index (χ2v) is 10.3. The summed E-state index contributed by atoms with van der Waals surface area (Å²) >= 11 is 0. The molecule has 0 saturated carbocycles. The van der Waals surface area contributed by atoms with Crippen molar-refractivity contribution in [1.82, 2.24) is 0 Å². The van der Waals surface area contributed by atoms with Crippen molar-refractivity contribution in [1.29, 1.82) is 0 Å². The number of carbonyl (C=O) groups excluding carboxylic acids is 2. The van der Waals surface area contributed by atoms with E-state index in [0.29, 0.717) is 5.56 Å². The van der Waals surface area contributed by atoms with Gasteiger partial charge < -0.3 is 4.74 Å². The molecular formula is C29H25NO5S. The monoisotopic (exact) mass is 499 g/mol. The number of anilines is 1. The van der Waals surface area contributed by atoms with Gasteiger partial charge >= 0.3 is 5.97 Å². The number of nitrogens with zero attached hydrogens (tertiary/aromatic N) is 1. The fraction of sp³-hybridized carbons (Fsp3) is 0.103. The Balaban J connectivity index is 1.69. The molecule has 4 aromatic carbocycles. The van der Waals surface area contributed by atoms with Crippen LogP contribution in [-0.4, -0.2) is 20.3 Å². The van der Waals surface area contributed by atoms with Crippen molar-refractivity contribution in [3.63, 3.8) is 0 Å². The third-order valence-corrected chi connectivity index (χ3v) is 7.34. The molecular weight excluding hydrogens is 474 g/mol. The van der Waals surface area contributed by atoms with E-state index in [0.717, 1.165) is 21.0 Å². The molecule has 4 aromatic rings. The summed E-state index contributed by atoms with van der Waals surface area (Å²) in [6, 6.07) is 25.7. The molecule has 0 aromatic heterocycles. The molecule has 36 heavy (non-hydrogen) atoms. The normalized spacial score (nSPS) is 11.1. The van der Waals surface area contributed by atoms with Crippen molar-refractivity contribution in [3.05, 3.63) is 125 Å². The van der Waals surface area contributed by atoms with Gasteiger partial charge in [0.15, 0.2) is 0 Å². The molecule has 182 valence electrons. The molecule has 0 heterocycles. The second-order valence-electron chi connectivity index (χ2n) is 8.50. The zero-order chi connectivity index (χ0) is 25.9. The average Bonchev–Trinajstić information content (AvgIpc) is 2.86. The first-order valence-electron chi connectivity index (χ1n) is 11.3. The Morgan fingerprint density at radius 3 is 1.56 bits per heavy atom. The molecule has 1 amide bonds. The number of amides is 1. The number of hydrogen-bond acceptors (Lipinski definition) is 5. The van der Waals surface area contributed by atoms with Crippen LogP contribution in [0.1, 0.15) is 37.4 Å². The van der Waals surface area contributed by atoms with Gasteiger partial charge in [-0.1, -0.05) is 53.1 Å². The zero-order valence-electron chi connectivity index (χ0n) is 20.1. The summed E-state index contributed by atoms with van der Waals surface area (Å²) in [5, 5.41) is 0. The maximum atomic E-state index is 13.6. The SMILES string of the molecule is Cc1ccc(C(=O)Oc2ccc(N(C(=O)c3ccc(C)cc3)S(=O)(=O)c3ccc(C)cc3)cc2)cc1. The fourth-order valence-corrected chi connectivity index (χ4v) is 4.91. The predicted molar refractivity (Wildman–Crippen MR) is 139 cm³/mol. The van der Waals surface area contributed by atoms with Crippen LogP contribution in [0.3, 0.4) is 0 Å². The number of ether oxygens (including phenoxy) is 1. The van der Waals surface area contributed by atoms with Crippen molar-refractivity contribution in [2.24, 2.45) is 0 Å². The van der Waals surface area contributed by atoms with Gasteiger partial charge in [-0.15, -0.1) is 0 Å². The van der Waals surface area contributed by atoms with Crippen LogP contribution in [0.15, 0.2) is 102 Å². The van der Waals surface area contributed by atoms with Crippen LogP contribution in [0.5, 0.6) is 5.75 Å². The first-order chi connectivity index (χ1) is 17.1. The maximum absolute atomic E-state index is 13.6. The molecule has 0 saturated heterocycles. The number of sulfonamides is 1. The Morgan fingerprint density at radius 1 is 0.611 bits per heavy atom. The van der Waals surface area contributed by atoms with Gasteiger partial charge in [0, 0.05) is 5.56 Å². The summed E-state index contributed by atoms with van der Waals surface area (Å²) in [6.07, 6.45) is 0. The van der Waals surface area contributed by atoms with Gasteiger partial charge in [0.05, 0.1) is 16.1 Å². The van der Waals surface area contributed by atoms with Crippen molar-refractivity contribution < 1.29 is 22.7 Å².